The van der Waals surface area contributed by atoms with Gasteiger partial charge in [0.25, 0.3) is 5.91 Å². The van der Waals surface area contributed by atoms with E-state index in [1.54, 1.807) is 0 Å². The van der Waals surface area contributed by atoms with Crippen molar-refractivity contribution in [2.24, 2.45) is 0 Å². The van der Waals surface area contributed by atoms with Gasteiger partial charge >= 0.3 is 24.4 Å². The van der Waals surface area contributed by atoms with Crippen LogP contribution in [0.25, 0.3) is 0 Å². The van der Waals surface area contributed by atoms with Crippen LogP contribution in [0.5, 0.6) is 0 Å². The number of nitrogen functional groups attached to an aromatic ring is 2. The van der Waals surface area contributed by atoms with Crippen LogP contribution in [-0.4, -0.2) is 18.0 Å². The average molecular weight is 570 g/mol. The number of nitrogens with two attached hydrogens (primary N) is 2. The van der Waals surface area contributed by atoms with Crippen molar-refractivity contribution in [3.8, 4) is 0 Å². The molecule has 39 heavy (non-hydrogen) atoms. The molecule has 0 aliphatic carbocycles. The van der Waals surface area contributed by atoms with Crippen molar-refractivity contribution in [1.29, 1.82) is 0 Å². The molecule has 0 aromatic heterocycles. The van der Waals surface area contributed by atoms with Crippen molar-refractivity contribution < 1.29 is 53.5 Å². The fourth-order valence-corrected chi connectivity index (χ4v) is 2.82. The van der Waals surface area contributed by atoms with Gasteiger partial charge in [0.1, 0.15) is 5.82 Å². The molecule has 0 saturated heterocycles. The molecule has 6 N–H and O–H groups in total. The maximum atomic E-state index is 13.4. The molecule has 0 bridgehead atoms. The largest absolute Gasteiger partial charge is 0.471 e. The van der Waals surface area contributed by atoms with Crippen LogP contribution in [0.3, 0.4) is 0 Å². The minimum atomic E-state index is -5.27. The van der Waals surface area contributed by atoms with Crippen LogP contribution >= 0.6 is 0 Å². The zero-order valence-corrected chi connectivity index (χ0v) is 19.0. The third-order valence-electron chi connectivity index (χ3n) is 4.59. The van der Waals surface area contributed by atoms with Crippen molar-refractivity contribution in [3.63, 3.8) is 0 Å². The molecule has 0 saturated carbocycles. The number of nitrogens with one attached hydrogen (secondary N) is 2. The SMILES string of the molecule is Nc1ccc(NC(=O)C(F)(F)F)c(C(F)(F)F)c1.Nc1ccc(NC(=O)c2ccccc2F)cc1C(F)(F)F. The van der Waals surface area contributed by atoms with Gasteiger partial charge in [-0.15, -0.1) is 0 Å². The molecule has 3 aromatic rings. The van der Waals surface area contributed by atoms with Gasteiger partial charge in [-0.25, -0.2) is 4.39 Å². The minimum absolute atomic E-state index is 0.121. The Hall–Kier alpha value is -4.50. The van der Waals surface area contributed by atoms with Crippen molar-refractivity contribution >= 4 is 34.6 Å². The lowest BCUT2D eigenvalue weighted by molar-refractivity contribution is -0.167. The number of amides is 2. The maximum absolute atomic E-state index is 13.4. The maximum Gasteiger partial charge on any atom is 0.471 e. The Morgan fingerprint density at radius 1 is 0.692 bits per heavy atom. The highest BCUT2D eigenvalue weighted by molar-refractivity contribution is 6.04. The lowest BCUT2D eigenvalue weighted by Gasteiger charge is -2.15. The molecule has 0 aliphatic rings. The van der Waals surface area contributed by atoms with E-state index in [2.05, 4.69) is 5.32 Å². The van der Waals surface area contributed by atoms with E-state index in [1.807, 2.05) is 0 Å². The summed E-state index contributed by atoms with van der Waals surface area (Å²) in [7, 11) is 0. The highest BCUT2D eigenvalue weighted by atomic mass is 19.4. The van der Waals surface area contributed by atoms with Crippen LogP contribution in [0.4, 0.5) is 66.7 Å². The predicted octanol–water partition coefficient (Wildman–Crippen LogP) is 6.47. The molecule has 0 aliphatic heterocycles. The molecule has 0 unspecified atom stereocenters. The van der Waals surface area contributed by atoms with Crippen LogP contribution in [-0.2, 0) is 17.1 Å². The van der Waals surface area contributed by atoms with Gasteiger partial charge in [-0.1, -0.05) is 12.1 Å². The molecule has 3 aromatic carbocycles. The summed E-state index contributed by atoms with van der Waals surface area (Å²) < 4.78 is 125. The van der Waals surface area contributed by atoms with Gasteiger partial charge in [0.15, 0.2) is 0 Å². The molecule has 3 rings (SSSR count). The first-order valence-electron chi connectivity index (χ1n) is 10.2. The number of hydrogen-bond donors (Lipinski definition) is 4. The van der Waals surface area contributed by atoms with E-state index in [1.165, 1.54) is 24.3 Å². The molecule has 2 amide bonds. The van der Waals surface area contributed by atoms with Crippen molar-refractivity contribution in [2.45, 2.75) is 18.5 Å². The van der Waals surface area contributed by atoms with Gasteiger partial charge in [-0.05, 0) is 48.5 Å². The van der Waals surface area contributed by atoms with E-state index in [-0.39, 0.29) is 16.9 Å². The summed E-state index contributed by atoms with van der Waals surface area (Å²) in [6.45, 7) is 0. The first-order valence-corrected chi connectivity index (χ1v) is 10.2. The average Bonchev–Trinajstić information content (AvgIpc) is 2.80. The monoisotopic (exact) mass is 570 g/mol. The van der Waals surface area contributed by atoms with Crippen LogP contribution in [0.2, 0.25) is 0 Å². The van der Waals surface area contributed by atoms with E-state index in [0.717, 1.165) is 23.5 Å². The molecule has 210 valence electrons. The number of rotatable bonds is 3. The Labute approximate surface area is 212 Å². The molecule has 0 radical (unpaired) electrons. The van der Waals surface area contributed by atoms with Crippen molar-refractivity contribution in [1.82, 2.24) is 0 Å². The summed E-state index contributed by atoms with van der Waals surface area (Å²) in [4.78, 5) is 22.4. The number of alkyl halides is 9. The van der Waals surface area contributed by atoms with E-state index >= 15 is 0 Å². The van der Waals surface area contributed by atoms with Crippen LogP contribution in [0.15, 0.2) is 60.7 Å². The van der Waals surface area contributed by atoms with Crippen molar-refractivity contribution in [2.75, 3.05) is 22.1 Å². The Morgan fingerprint density at radius 2 is 1.28 bits per heavy atom. The molecular formula is C23H16F10N4O2. The summed E-state index contributed by atoms with van der Waals surface area (Å²) in [5.74, 6) is -4.09. The Balaban J connectivity index is 0.000000277. The summed E-state index contributed by atoms with van der Waals surface area (Å²) in [5, 5.41) is 3.35. The van der Waals surface area contributed by atoms with E-state index in [9.17, 15) is 53.5 Å². The molecule has 16 heteroatoms. The van der Waals surface area contributed by atoms with Gasteiger partial charge in [-0.3, -0.25) is 9.59 Å². The van der Waals surface area contributed by atoms with Gasteiger partial charge in [0.05, 0.1) is 22.4 Å². The molecule has 6 nitrogen and oxygen atoms in total. The highest BCUT2D eigenvalue weighted by Gasteiger charge is 2.41. The van der Waals surface area contributed by atoms with Crippen LogP contribution in [0.1, 0.15) is 21.5 Å². The summed E-state index contributed by atoms with van der Waals surface area (Å²) >= 11 is 0. The fraction of sp³-hybridized carbons (Fsp3) is 0.130. The molecule has 0 spiro atoms. The van der Waals surface area contributed by atoms with E-state index in [4.69, 9.17) is 11.5 Å². The normalized spacial score (nSPS) is 11.7. The second-order valence-corrected chi connectivity index (χ2v) is 7.49. The Morgan fingerprint density at radius 3 is 1.82 bits per heavy atom. The number of hydrogen-bond acceptors (Lipinski definition) is 4. The summed E-state index contributed by atoms with van der Waals surface area (Å²) in [6, 6.07) is 10.1. The minimum Gasteiger partial charge on any atom is -0.399 e. The quantitative estimate of drug-likeness (QED) is 0.214. The number of carbonyl (C=O) groups excluding carboxylic acids is 2. The summed E-state index contributed by atoms with van der Waals surface area (Å²) in [5.41, 5.74) is 5.73. The van der Waals surface area contributed by atoms with Gasteiger partial charge < -0.3 is 22.1 Å². The fourth-order valence-electron chi connectivity index (χ4n) is 2.82. The van der Waals surface area contributed by atoms with Gasteiger partial charge in [0.2, 0.25) is 0 Å². The topological polar surface area (TPSA) is 110 Å². The molecular weight excluding hydrogens is 554 g/mol. The predicted molar refractivity (Wildman–Crippen MR) is 121 cm³/mol. The van der Waals surface area contributed by atoms with Crippen LogP contribution in [0, 0.1) is 5.82 Å². The lowest BCUT2D eigenvalue weighted by atomic mass is 10.1. The summed E-state index contributed by atoms with van der Waals surface area (Å²) in [6.07, 6.45) is -14.8. The zero-order valence-electron chi connectivity index (χ0n) is 19.0. The van der Waals surface area contributed by atoms with Gasteiger partial charge in [0, 0.05) is 17.1 Å². The molecule has 0 atom stereocenters. The van der Waals surface area contributed by atoms with E-state index in [0.29, 0.717) is 18.2 Å². The Kier molecular flexibility index (Phi) is 9.05. The third-order valence-corrected chi connectivity index (χ3v) is 4.59. The Bertz CT molecular complexity index is 1350. The molecule has 0 fully saturated rings. The van der Waals surface area contributed by atoms with Crippen LogP contribution < -0.4 is 22.1 Å². The van der Waals surface area contributed by atoms with Crippen molar-refractivity contribution in [3.05, 3.63) is 83.2 Å². The second-order valence-electron chi connectivity index (χ2n) is 7.49. The van der Waals surface area contributed by atoms with Gasteiger partial charge in [-0.2, -0.15) is 39.5 Å². The third kappa shape index (κ3) is 8.51. The lowest BCUT2D eigenvalue weighted by Crippen LogP contribution is -2.30. The number of halogens is 10. The first-order chi connectivity index (χ1) is 17.8. The number of benzene rings is 3. The first kappa shape index (κ1) is 30.7. The highest BCUT2D eigenvalue weighted by Crippen LogP contribution is 2.37. The number of carbonyl (C=O) groups is 2. The number of anilines is 4. The molecule has 0 heterocycles. The van der Waals surface area contributed by atoms with E-state index < -0.39 is 58.7 Å². The smallest absolute Gasteiger partial charge is 0.399 e. The zero-order chi connectivity index (χ0) is 29.8. The standard InChI is InChI=1S/C14H10F4N2O.C9H6F6N2O/c15-11-4-2-1-3-9(11)13(21)20-8-5-6-12(19)10(7-8)14(16,17)18;10-8(11,12)5-3-4(16)1-2-6(5)17-7(18)9(13,14)15/h1-7H,19H2,(H,20,21);1-3H,16H2,(H,17,18). The second kappa shape index (κ2) is 11.5.